The van der Waals surface area contributed by atoms with Crippen LogP contribution >= 0.6 is 0 Å². The maximum Gasteiger partial charge on any atom is 0.0254 e. The summed E-state index contributed by atoms with van der Waals surface area (Å²) in [4.78, 5) is 2.87. The molecule has 4 atom stereocenters. The lowest BCUT2D eigenvalue weighted by Crippen LogP contribution is -2.54. The van der Waals surface area contributed by atoms with E-state index >= 15 is 0 Å². The summed E-state index contributed by atoms with van der Waals surface area (Å²) >= 11 is 0. The highest BCUT2D eigenvalue weighted by atomic mass is 15.2. The summed E-state index contributed by atoms with van der Waals surface area (Å²) in [6.45, 7) is 9.46. The van der Waals surface area contributed by atoms with E-state index in [1.807, 2.05) is 0 Å². The van der Waals surface area contributed by atoms with E-state index in [0.717, 1.165) is 30.6 Å². The van der Waals surface area contributed by atoms with Crippen molar-refractivity contribution in [2.75, 3.05) is 13.1 Å². The zero-order chi connectivity index (χ0) is 13.7. The van der Waals surface area contributed by atoms with E-state index in [0.29, 0.717) is 0 Å². The molecular formula is C17H34N2. The lowest BCUT2D eigenvalue weighted by atomic mass is 9.79. The Hall–Kier alpha value is -0.0800. The molecule has 112 valence electrons. The standard InChI is InChI=1S/C17H34N2/c1-4-8-14-10-11-16(18-6-3)17(13-14)19-12-7-9-15(19)5-2/h14-18H,4-13H2,1-3H3. The molecule has 1 aliphatic heterocycles. The SMILES string of the molecule is CCCC1CCC(NCC)C(N2CCCC2CC)C1. The molecule has 0 radical (unpaired) electrons. The molecule has 2 nitrogen and oxygen atoms in total. The Morgan fingerprint density at radius 2 is 1.95 bits per heavy atom. The topological polar surface area (TPSA) is 15.3 Å². The second kappa shape index (κ2) is 7.64. The van der Waals surface area contributed by atoms with Gasteiger partial charge in [0.2, 0.25) is 0 Å². The first-order chi connectivity index (χ1) is 9.30. The van der Waals surface area contributed by atoms with E-state index in [2.05, 4.69) is 31.0 Å². The fourth-order valence-corrected chi connectivity index (χ4v) is 4.50. The van der Waals surface area contributed by atoms with Gasteiger partial charge in [-0.2, -0.15) is 0 Å². The summed E-state index contributed by atoms with van der Waals surface area (Å²) in [6.07, 6.45) is 11.3. The predicted molar refractivity (Wildman–Crippen MR) is 83.5 cm³/mol. The molecule has 2 fully saturated rings. The molecule has 2 rings (SSSR count). The molecule has 0 bridgehead atoms. The van der Waals surface area contributed by atoms with Crippen LogP contribution in [-0.4, -0.2) is 36.1 Å². The first kappa shape index (κ1) is 15.3. The Balaban J connectivity index is 2.01. The Bertz CT molecular complexity index is 254. The molecule has 1 heterocycles. The number of hydrogen-bond donors (Lipinski definition) is 1. The molecule has 1 aliphatic carbocycles. The van der Waals surface area contributed by atoms with Crippen LogP contribution < -0.4 is 5.32 Å². The highest BCUT2D eigenvalue weighted by Gasteiger charge is 2.37. The van der Waals surface area contributed by atoms with Crippen molar-refractivity contribution in [3.05, 3.63) is 0 Å². The van der Waals surface area contributed by atoms with Crippen LogP contribution in [0.25, 0.3) is 0 Å². The van der Waals surface area contributed by atoms with Gasteiger partial charge < -0.3 is 5.32 Å². The molecule has 0 aromatic heterocycles. The third-order valence-corrected chi connectivity index (χ3v) is 5.41. The van der Waals surface area contributed by atoms with E-state index in [1.54, 1.807) is 0 Å². The van der Waals surface area contributed by atoms with Crippen molar-refractivity contribution in [2.45, 2.75) is 90.3 Å². The van der Waals surface area contributed by atoms with Crippen molar-refractivity contribution in [3.63, 3.8) is 0 Å². The van der Waals surface area contributed by atoms with E-state index < -0.39 is 0 Å². The van der Waals surface area contributed by atoms with E-state index in [9.17, 15) is 0 Å². The molecule has 0 aromatic rings. The zero-order valence-corrected chi connectivity index (χ0v) is 13.3. The largest absolute Gasteiger partial charge is 0.313 e. The van der Waals surface area contributed by atoms with Crippen LogP contribution in [0.2, 0.25) is 0 Å². The van der Waals surface area contributed by atoms with Gasteiger partial charge in [0.1, 0.15) is 0 Å². The first-order valence-electron chi connectivity index (χ1n) is 8.79. The average molecular weight is 266 g/mol. The lowest BCUT2D eigenvalue weighted by Gasteiger charge is -2.44. The van der Waals surface area contributed by atoms with Gasteiger partial charge in [0.15, 0.2) is 0 Å². The van der Waals surface area contributed by atoms with Crippen LogP contribution in [0, 0.1) is 5.92 Å². The van der Waals surface area contributed by atoms with Crippen molar-refractivity contribution in [1.29, 1.82) is 0 Å². The van der Waals surface area contributed by atoms with Gasteiger partial charge in [0, 0.05) is 18.1 Å². The summed E-state index contributed by atoms with van der Waals surface area (Å²) in [6, 6.07) is 2.44. The maximum atomic E-state index is 3.78. The van der Waals surface area contributed by atoms with Gasteiger partial charge in [-0.25, -0.2) is 0 Å². The van der Waals surface area contributed by atoms with Crippen molar-refractivity contribution >= 4 is 0 Å². The Morgan fingerprint density at radius 1 is 1.11 bits per heavy atom. The smallest absolute Gasteiger partial charge is 0.0254 e. The van der Waals surface area contributed by atoms with Crippen LogP contribution in [-0.2, 0) is 0 Å². The van der Waals surface area contributed by atoms with Crippen molar-refractivity contribution in [3.8, 4) is 0 Å². The minimum Gasteiger partial charge on any atom is -0.313 e. The molecule has 0 amide bonds. The molecule has 1 saturated carbocycles. The molecule has 4 unspecified atom stereocenters. The van der Waals surface area contributed by atoms with Gasteiger partial charge in [-0.3, -0.25) is 4.90 Å². The lowest BCUT2D eigenvalue weighted by molar-refractivity contribution is 0.0827. The first-order valence-corrected chi connectivity index (χ1v) is 8.79. The van der Waals surface area contributed by atoms with Crippen molar-refractivity contribution < 1.29 is 0 Å². The number of likely N-dealkylation sites (tertiary alicyclic amines) is 1. The second-order valence-electron chi connectivity index (χ2n) is 6.64. The molecule has 0 spiro atoms. The summed E-state index contributed by atoms with van der Waals surface area (Å²) in [5.74, 6) is 0.989. The number of hydrogen-bond acceptors (Lipinski definition) is 2. The molecule has 0 aromatic carbocycles. The monoisotopic (exact) mass is 266 g/mol. The Labute approximate surface area is 120 Å². The van der Waals surface area contributed by atoms with Crippen molar-refractivity contribution in [1.82, 2.24) is 10.2 Å². The summed E-state index contributed by atoms with van der Waals surface area (Å²) in [5.41, 5.74) is 0. The third-order valence-electron chi connectivity index (χ3n) is 5.41. The number of nitrogens with zero attached hydrogens (tertiary/aromatic N) is 1. The molecule has 2 aliphatic rings. The highest BCUT2D eigenvalue weighted by Crippen LogP contribution is 2.35. The van der Waals surface area contributed by atoms with Gasteiger partial charge in [0.05, 0.1) is 0 Å². The zero-order valence-electron chi connectivity index (χ0n) is 13.3. The number of rotatable bonds is 6. The summed E-state index contributed by atoms with van der Waals surface area (Å²) < 4.78 is 0. The van der Waals surface area contributed by atoms with Gasteiger partial charge in [-0.1, -0.05) is 33.6 Å². The maximum absolute atomic E-state index is 3.78. The van der Waals surface area contributed by atoms with E-state index in [-0.39, 0.29) is 0 Å². The van der Waals surface area contributed by atoms with Gasteiger partial charge in [-0.15, -0.1) is 0 Å². The number of likely N-dealkylation sites (N-methyl/N-ethyl adjacent to an activating group) is 1. The molecular weight excluding hydrogens is 232 g/mol. The second-order valence-corrected chi connectivity index (χ2v) is 6.64. The average Bonchev–Trinajstić information content (AvgIpc) is 2.89. The fourth-order valence-electron chi connectivity index (χ4n) is 4.50. The normalized spacial score (nSPS) is 36.8. The van der Waals surface area contributed by atoms with Crippen LogP contribution in [0.1, 0.15) is 72.1 Å². The van der Waals surface area contributed by atoms with E-state index in [1.165, 1.54) is 57.9 Å². The number of nitrogens with one attached hydrogen (secondary N) is 1. The molecule has 1 N–H and O–H groups in total. The highest BCUT2D eigenvalue weighted by molar-refractivity contribution is 4.95. The van der Waals surface area contributed by atoms with Gasteiger partial charge >= 0.3 is 0 Å². The Kier molecular flexibility index (Phi) is 6.15. The minimum atomic E-state index is 0.755. The predicted octanol–water partition coefficient (Wildman–Crippen LogP) is 3.81. The molecule has 1 saturated heterocycles. The quantitative estimate of drug-likeness (QED) is 0.786. The van der Waals surface area contributed by atoms with Gasteiger partial charge in [0.25, 0.3) is 0 Å². The van der Waals surface area contributed by atoms with Crippen LogP contribution in [0.4, 0.5) is 0 Å². The summed E-state index contributed by atoms with van der Waals surface area (Å²) in [7, 11) is 0. The summed E-state index contributed by atoms with van der Waals surface area (Å²) in [5, 5.41) is 3.78. The van der Waals surface area contributed by atoms with E-state index in [4.69, 9.17) is 0 Å². The van der Waals surface area contributed by atoms with Crippen molar-refractivity contribution in [2.24, 2.45) is 5.92 Å². The van der Waals surface area contributed by atoms with Crippen LogP contribution in [0.3, 0.4) is 0 Å². The minimum absolute atomic E-state index is 0.755. The van der Waals surface area contributed by atoms with Gasteiger partial charge in [-0.05, 0) is 57.5 Å². The fraction of sp³-hybridized carbons (Fsp3) is 1.00. The third kappa shape index (κ3) is 3.72. The van der Waals surface area contributed by atoms with Crippen LogP contribution in [0.5, 0.6) is 0 Å². The Morgan fingerprint density at radius 3 is 2.63 bits per heavy atom. The molecule has 19 heavy (non-hydrogen) atoms. The molecule has 2 heteroatoms. The van der Waals surface area contributed by atoms with Crippen LogP contribution in [0.15, 0.2) is 0 Å².